The van der Waals surface area contributed by atoms with Crippen molar-refractivity contribution in [1.29, 1.82) is 5.26 Å². The molecule has 2 aromatic carbocycles. The van der Waals surface area contributed by atoms with E-state index in [9.17, 15) is 15.4 Å². The summed E-state index contributed by atoms with van der Waals surface area (Å²) in [5.74, 6) is -0.848. The predicted octanol–water partition coefficient (Wildman–Crippen LogP) is 4.61. The smallest absolute Gasteiger partial charge is 0.275 e. The number of fused-ring (bicyclic) bond motifs is 1. The molecule has 0 amide bonds. The van der Waals surface area contributed by atoms with Gasteiger partial charge in [0.25, 0.3) is 5.69 Å². The molecule has 4 rings (SSSR count). The van der Waals surface area contributed by atoms with Gasteiger partial charge in [-0.05, 0) is 31.2 Å². The van der Waals surface area contributed by atoms with Crippen molar-refractivity contribution in [3.8, 4) is 17.6 Å². The Morgan fingerprint density at radius 1 is 1.27 bits per heavy atom. The van der Waals surface area contributed by atoms with Gasteiger partial charge in [0, 0.05) is 11.1 Å². The lowest BCUT2D eigenvalue weighted by Crippen LogP contribution is -2.22. The van der Waals surface area contributed by atoms with Crippen LogP contribution < -0.4 is 10.5 Å². The molecule has 0 fully saturated rings. The molecule has 0 unspecified atom stereocenters. The summed E-state index contributed by atoms with van der Waals surface area (Å²) in [7, 11) is 0. The second kappa shape index (κ2) is 7.37. The highest BCUT2D eigenvalue weighted by Gasteiger charge is 2.40. The van der Waals surface area contributed by atoms with E-state index in [1.807, 2.05) is 6.07 Å². The molecule has 8 nitrogen and oxygen atoms in total. The molecule has 10 heteroatoms. The minimum absolute atomic E-state index is 0.0208. The molecule has 1 aromatic heterocycles. The van der Waals surface area contributed by atoms with Crippen molar-refractivity contribution < 1.29 is 9.66 Å². The van der Waals surface area contributed by atoms with E-state index in [1.165, 1.54) is 22.9 Å². The summed E-state index contributed by atoms with van der Waals surface area (Å²) in [4.78, 5) is 11.2. The summed E-state index contributed by atoms with van der Waals surface area (Å²) in [6, 6.07) is 13.3. The number of nitrogens with two attached hydrogens (primary N) is 1. The number of halogens is 2. The summed E-state index contributed by atoms with van der Waals surface area (Å²) in [5.41, 5.74) is 7.58. The van der Waals surface area contributed by atoms with Gasteiger partial charge in [-0.1, -0.05) is 35.3 Å². The minimum Gasteiger partial charge on any atom is -0.422 e. The Morgan fingerprint density at radius 3 is 2.67 bits per heavy atom. The number of allylic oxidation sites excluding steroid dienone is 1. The van der Waals surface area contributed by atoms with Crippen LogP contribution in [0.5, 0.6) is 5.88 Å². The van der Waals surface area contributed by atoms with E-state index in [0.29, 0.717) is 22.0 Å². The van der Waals surface area contributed by atoms with Gasteiger partial charge in [-0.3, -0.25) is 10.1 Å². The molecule has 1 aliphatic rings. The third-order valence-electron chi connectivity index (χ3n) is 4.80. The van der Waals surface area contributed by atoms with Gasteiger partial charge in [0.1, 0.15) is 11.6 Å². The first-order valence-corrected chi connectivity index (χ1v) is 9.45. The van der Waals surface area contributed by atoms with Crippen LogP contribution in [0.2, 0.25) is 10.0 Å². The predicted molar refractivity (Wildman–Crippen MR) is 111 cm³/mol. The van der Waals surface area contributed by atoms with E-state index in [4.69, 9.17) is 33.7 Å². The Balaban J connectivity index is 2.04. The van der Waals surface area contributed by atoms with Crippen molar-refractivity contribution in [3.05, 3.63) is 90.9 Å². The molecule has 0 aliphatic carbocycles. The average molecular weight is 442 g/mol. The molecule has 0 radical (unpaired) electrons. The zero-order valence-electron chi connectivity index (χ0n) is 15.5. The number of nitro benzene ring substituents is 1. The van der Waals surface area contributed by atoms with Crippen LogP contribution in [0, 0.1) is 28.4 Å². The number of nitro groups is 1. The van der Waals surface area contributed by atoms with Crippen LogP contribution in [0.3, 0.4) is 0 Å². The summed E-state index contributed by atoms with van der Waals surface area (Å²) in [6.07, 6.45) is 0. The zero-order valence-corrected chi connectivity index (χ0v) is 17.0. The van der Waals surface area contributed by atoms with E-state index in [0.717, 1.165) is 0 Å². The number of aromatic nitrogens is 2. The first kappa shape index (κ1) is 19.8. The first-order valence-electron chi connectivity index (χ1n) is 8.69. The van der Waals surface area contributed by atoms with E-state index in [-0.39, 0.29) is 33.6 Å². The molecule has 1 atom stereocenters. The highest BCUT2D eigenvalue weighted by atomic mass is 35.5. The lowest BCUT2D eigenvalue weighted by Gasteiger charge is -2.25. The van der Waals surface area contributed by atoms with Gasteiger partial charge in [0.05, 0.1) is 38.4 Å². The maximum atomic E-state index is 11.7. The van der Waals surface area contributed by atoms with Crippen molar-refractivity contribution in [2.75, 3.05) is 0 Å². The monoisotopic (exact) mass is 441 g/mol. The molecule has 2 N–H and O–H groups in total. The van der Waals surface area contributed by atoms with E-state index >= 15 is 0 Å². The Hall–Kier alpha value is -3.54. The SMILES string of the molecule is Cc1nn(-c2cccc(Cl)c2)c2c1[C@H](c1c(Cl)cccc1[N+](=O)[O-])C(C#N)=C(N)O2. The van der Waals surface area contributed by atoms with Crippen molar-refractivity contribution in [2.45, 2.75) is 12.8 Å². The molecular weight excluding hydrogens is 429 g/mol. The van der Waals surface area contributed by atoms with Crippen LogP contribution in [0.25, 0.3) is 5.69 Å². The van der Waals surface area contributed by atoms with Crippen LogP contribution in [-0.4, -0.2) is 14.7 Å². The second-order valence-electron chi connectivity index (χ2n) is 6.55. The van der Waals surface area contributed by atoms with Crippen LogP contribution in [0.1, 0.15) is 22.7 Å². The standard InChI is InChI=1S/C20H13Cl2N5O3/c1-10-16-17(18-14(22)6-3-7-15(18)27(28)29)13(9-23)19(24)30-20(16)26(25-10)12-5-2-4-11(21)8-12/h2-8,17H,24H2,1H3/t17-/m1/s1. The number of ether oxygens (including phenoxy) is 1. The molecule has 150 valence electrons. The molecule has 0 saturated heterocycles. The van der Waals surface area contributed by atoms with Gasteiger partial charge < -0.3 is 10.5 Å². The van der Waals surface area contributed by atoms with Gasteiger partial charge in [-0.15, -0.1) is 0 Å². The number of benzene rings is 2. The summed E-state index contributed by atoms with van der Waals surface area (Å²) < 4.78 is 7.25. The van der Waals surface area contributed by atoms with Crippen LogP contribution >= 0.6 is 23.2 Å². The fraction of sp³-hybridized carbons (Fsp3) is 0.100. The highest BCUT2D eigenvalue weighted by Crippen LogP contribution is 2.48. The van der Waals surface area contributed by atoms with Crippen LogP contribution in [0.15, 0.2) is 53.9 Å². The van der Waals surface area contributed by atoms with Crippen molar-refractivity contribution in [3.63, 3.8) is 0 Å². The Morgan fingerprint density at radius 2 is 2.00 bits per heavy atom. The maximum absolute atomic E-state index is 11.7. The minimum atomic E-state index is -0.916. The topological polar surface area (TPSA) is 120 Å². The van der Waals surface area contributed by atoms with Crippen molar-refractivity contribution >= 4 is 28.9 Å². The quantitative estimate of drug-likeness (QED) is 0.467. The van der Waals surface area contributed by atoms with Gasteiger partial charge in [-0.2, -0.15) is 10.4 Å². The lowest BCUT2D eigenvalue weighted by molar-refractivity contribution is -0.385. The molecule has 0 saturated carbocycles. The number of aryl methyl sites for hydroxylation is 1. The van der Waals surface area contributed by atoms with Crippen molar-refractivity contribution in [2.24, 2.45) is 5.73 Å². The van der Waals surface area contributed by atoms with Gasteiger partial charge in [-0.25, -0.2) is 4.68 Å². The number of hydrogen-bond acceptors (Lipinski definition) is 6. The molecule has 3 aromatic rings. The fourth-order valence-electron chi connectivity index (χ4n) is 3.56. The normalized spacial score (nSPS) is 15.3. The van der Waals surface area contributed by atoms with Gasteiger partial charge >= 0.3 is 0 Å². The maximum Gasteiger partial charge on any atom is 0.275 e. The summed E-state index contributed by atoms with van der Waals surface area (Å²) in [5, 5.41) is 26.6. The van der Waals surface area contributed by atoms with E-state index < -0.39 is 10.8 Å². The molecule has 30 heavy (non-hydrogen) atoms. The molecule has 1 aliphatic heterocycles. The number of nitrogens with zero attached hydrogens (tertiary/aromatic N) is 4. The molecule has 0 spiro atoms. The molecule has 2 heterocycles. The average Bonchev–Trinajstić information content (AvgIpc) is 3.03. The first-order chi connectivity index (χ1) is 14.3. The number of rotatable bonds is 3. The van der Waals surface area contributed by atoms with Gasteiger partial charge in [0.15, 0.2) is 0 Å². The van der Waals surface area contributed by atoms with Crippen LogP contribution in [0.4, 0.5) is 5.69 Å². The van der Waals surface area contributed by atoms with Gasteiger partial charge in [0.2, 0.25) is 11.8 Å². The van der Waals surface area contributed by atoms with E-state index in [2.05, 4.69) is 5.10 Å². The summed E-state index contributed by atoms with van der Waals surface area (Å²) in [6.45, 7) is 1.72. The Kier molecular flexibility index (Phi) is 4.86. The van der Waals surface area contributed by atoms with E-state index in [1.54, 1.807) is 31.2 Å². The largest absolute Gasteiger partial charge is 0.422 e. The molecule has 0 bridgehead atoms. The Labute approximate surface area is 180 Å². The molecular formula is C20H13Cl2N5O3. The summed E-state index contributed by atoms with van der Waals surface area (Å²) >= 11 is 12.5. The number of nitriles is 1. The Bertz CT molecular complexity index is 1280. The number of hydrogen-bond donors (Lipinski definition) is 1. The second-order valence-corrected chi connectivity index (χ2v) is 7.39. The third kappa shape index (κ3) is 3.05. The third-order valence-corrected chi connectivity index (χ3v) is 5.37. The highest BCUT2D eigenvalue weighted by molar-refractivity contribution is 6.32. The zero-order chi connectivity index (χ0) is 21.6. The lowest BCUT2D eigenvalue weighted by atomic mass is 9.83. The van der Waals surface area contributed by atoms with Crippen LogP contribution in [-0.2, 0) is 0 Å². The van der Waals surface area contributed by atoms with Crippen molar-refractivity contribution in [1.82, 2.24) is 9.78 Å². The fourth-order valence-corrected chi connectivity index (χ4v) is 4.02.